The predicted octanol–water partition coefficient (Wildman–Crippen LogP) is 3.84. The van der Waals surface area contributed by atoms with Crippen LogP contribution >= 0.6 is 11.8 Å². The summed E-state index contributed by atoms with van der Waals surface area (Å²) in [5, 5.41) is 15.1. The van der Waals surface area contributed by atoms with E-state index in [1.54, 1.807) is 16.8 Å². The molecule has 3 aromatic rings. The first kappa shape index (κ1) is 22.7. The van der Waals surface area contributed by atoms with E-state index in [-0.39, 0.29) is 17.4 Å². The molecule has 3 rings (SSSR count). The number of carbonyl (C=O) groups is 1. The number of benzene rings is 2. The van der Waals surface area contributed by atoms with Crippen LogP contribution in [0.5, 0.6) is 5.75 Å². The van der Waals surface area contributed by atoms with Gasteiger partial charge in [-0.2, -0.15) is 13.5 Å². The third-order valence-electron chi connectivity index (χ3n) is 4.46. The van der Waals surface area contributed by atoms with Gasteiger partial charge in [0.05, 0.1) is 11.4 Å². The highest BCUT2D eigenvalue weighted by Gasteiger charge is 2.12. The molecule has 2 aromatic carbocycles. The molecule has 0 spiro atoms. The summed E-state index contributed by atoms with van der Waals surface area (Å²) in [6.07, 6.45) is 0.575. The van der Waals surface area contributed by atoms with Gasteiger partial charge in [-0.25, -0.2) is 0 Å². The Kier molecular flexibility index (Phi) is 7.94. The fourth-order valence-corrected chi connectivity index (χ4v) is 3.52. The van der Waals surface area contributed by atoms with Gasteiger partial charge >= 0.3 is 6.61 Å². The van der Waals surface area contributed by atoms with Crippen LogP contribution in [0.1, 0.15) is 30.9 Å². The van der Waals surface area contributed by atoms with Crippen LogP contribution in [0.25, 0.3) is 5.69 Å². The monoisotopic (exact) mass is 447 g/mol. The van der Waals surface area contributed by atoms with E-state index in [1.165, 1.54) is 29.5 Å². The van der Waals surface area contributed by atoms with Crippen LogP contribution in [-0.2, 0) is 11.2 Å². The Hall–Kier alpha value is -3.01. The number of thioether (sulfide) groups is 1. The lowest BCUT2D eigenvalue weighted by molar-refractivity contribution is -0.118. The van der Waals surface area contributed by atoms with E-state index in [9.17, 15) is 13.6 Å². The van der Waals surface area contributed by atoms with Crippen LogP contribution in [0, 0.1) is 0 Å². The molecular formula is C21H23F2N5O2S. The van der Waals surface area contributed by atoms with Gasteiger partial charge in [-0.3, -0.25) is 4.79 Å². The molecule has 0 aliphatic carbocycles. The van der Waals surface area contributed by atoms with Gasteiger partial charge in [0.1, 0.15) is 5.75 Å². The largest absolute Gasteiger partial charge is 0.435 e. The molecule has 7 nitrogen and oxygen atoms in total. The first-order valence-electron chi connectivity index (χ1n) is 9.74. The van der Waals surface area contributed by atoms with Crippen LogP contribution in [0.2, 0.25) is 0 Å². The second-order valence-corrected chi connectivity index (χ2v) is 7.97. The minimum Gasteiger partial charge on any atom is -0.435 e. The molecule has 10 heteroatoms. The molecule has 31 heavy (non-hydrogen) atoms. The molecule has 0 saturated carbocycles. The summed E-state index contributed by atoms with van der Waals surface area (Å²) in [5.41, 5.74) is 2.96. The Morgan fingerprint density at radius 2 is 1.84 bits per heavy atom. The highest BCUT2D eigenvalue weighted by Crippen LogP contribution is 2.21. The van der Waals surface area contributed by atoms with Crippen molar-refractivity contribution in [3.63, 3.8) is 0 Å². The number of ether oxygens (including phenoxy) is 1. The van der Waals surface area contributed by atoms with Crippen molar-refractivity contribution < 1.29 is 18.3 Å². The van der Waals surface area contributed by atoms with Gasteiger partial charge in [-0.05, 0) is 58.2 Å². The molecule has 164 valence electrons. The number of hydrogen-bond donors (Lipinski definition) is 1. The summed E-state index contributed by atoms with van der Waals surface area (Å²) >= 11 is 1.25. The van der Waals surface area contributed by atoms with Gasteiger partial charge in [0.2, 0.25) is 11.1 Å². The highest BCUT2D eigenvalue weighted by atomic mass is 32.2. The van der Waals surface area contributed by atoms with Crippen molar-refractivity contribution in [2.24, 2.45) is 0 Å². The molecule has 1 aromatic heterocycles. The standard InChI is InChI=1S/C21H23F2N5O2S/c1-14(2)16-5-7-17(8-6-16)28-21(25-26-27-28)31-13-19(29)24-12-11-15-3-9-18(10-4-15)30-20(22)23/h3-10,14,20H,11-13H2,1-2H3,(H,24,29). The van der Waals surface area contributed by atoms with Crippen molar-refractivity contribution in [1.82, 2.24) is 25.5 Å². The fourth-order valence-electron chi connectivity index (χ4n) is 2.80. The Morgan fingerprint density at radius 1 is 1.13 bits per heavy atom. The van der Waals surface area contributed by atoms with Gasteiger partial charge in [-0.1, -0.05) is 49.9 Å². The average molecular weight is 448 g/mol. The third kappa shape index (κ3) is 6.74. The Morgan fingerprint density at radius 3 is 2.48 bits per heavy atom. The fraction of sp³-hybridized carbons (Fsp3) is 0.333. The van der Waals surface area contributed by atoms with E-state index >= 15 is 0 Å². The molecule has 0 fully saturated rings. The van der Waals surface area contributed by atoms with Crippen molar-refractivity contribution in [3.8, 4) is 11.4 Å². The summed E-state index contributed by atoms with van der Waals surface area (Å²) in [7, 11) is 0. The number of hydrogen-bond acceptors (Lipinski definition) is 6. The van der Waals surface area contributed by atoms with E-state index in [2.05, 4.69) is 39.4 Å². The first-order chi connectivity index (χ1) is 14.9. The number of aromatic nitrogens is 4. The van der Waals surface area contributed by atoms with E-state index in [0.717, 1.165) is 11.3 Å². The van der Waals surface area contributed by atoms with Crippen molar-refractivity contribution in [3.05, 3.63) is 59.7 Å². The maximum Gasteiger partial charge on any atom is 0.387 e. The molecule has 0 radical (unpaired) electrons. The van der Waals surface area contributed by atoms with Crippen molar-refractivity contribution in [1.29, 1.82) is 0 Å². The molecule has 1 heterocycles. The van der Waals surface area contributed by atoms with E-state index in [1.807, 2.05) is 24.3 Å². The van der Waals surface area contributed by atoms with Crippen molar-refractivity contribution in [2.75, 3.05) is 12.3 Å². The van der Waals surface area contributed by atoms with Crippen LogP contribution in [0.3, 0.4) is 0 Å². The molecule has 0 unspecified atom stereocenters. The summed E-state index contributed by atoms with van der Waals surface area (Å²) in [4.78, 5) is 12.2. The van der Waals surface area contributed by atoms with Crippen LogP contribution < -0.4 is 10.1 Å². The molecule has 1 amide bonds. The highest BCUT2D eigenvalue weighted by molar-refractivity contribution is 7.99. The van der Waals surface area contributed by atoms with Crippen LogP contribution in [-0.4, -0.2) is 45.0 Å². The van der Waals surface area contributed by atoms with E-state index in [0.29, 0.717) is 24.0 Å². The average Bonchev–Trinajstić information content (AvgIpc) is 3.22. The second-order valence-electron chi connectivity index (χ2n) is 7.03. The van der Waals surface area contributed by atoms with Gasteiger partial charge in [0.25, 0.3) is 0 Å². The number of amides is 1. The summed E-state index contributed by atoms with van der Waals surface area (Å²) in [6.45, 7) is 1.84. The lowest BCUT2D eigenvalue weighted by Gasteiger charge is -2.08. The second kappa shape index (κ2) is 10.9. The number of carbonyl (C=O) groups excluding carboxylic acids is 1. The maximum atomic E-state index is 12.2. The van der Waals surface area contributed by atoms with Crippen LogP contribution in [0.4, 0.5) is 8.78 Å². The molecule has 0 aliphatic rings. The van der Waals surface area contributed by atoms with Crippen LogP contribution in [0.15, 0.2) is 53.7 Å². The van der Waals surface area contributed by atoms with E-state index < -0.39 is 6.61 Å². The van der Waals surface area contributed by atoms with Crippen molar-refractivity contribution in [2.45, 2.75) is 38.0 Å². The normalized spacial score (nSPS) is 11.2. The molecule has 0 bridgehead atoms. The molecule has 0 atom stereocenters. The third-order valence-corrected chi connectivity index (χ3v) is 5.38. The number of alkyl halides is 2. The number of halogens is 2. The number of rotatable bonds is 10. The molecule has 0 saturated heterocycles. The van der Waals surface area contributed by atoms with E-state index in [4.69, 9.17) is 0 Å². The quantitative estimate of drug-likeness (QED) is 0.476. The number of nitrogens with one attached hydrogen (secondary N) is 1. The predicted molar refractivity (Wildman–Crippen MR) is 114 cm³/mol. The summed E-state index contributed by atoms with van der Waals surface area (Å²) in [5.74, 6) is 0.568. The minimum absolute atomic E-state index is 0.107. The van der Waals surface area contributed by atoms with Gasteiger partial charge in [0.15, 0.2) is 0 Å². The number of nitrogens with zero attached hydrogens (tertiary/aromatic N) is 4. The SMILES string of the molecule is CC(C)c1ccc(-n2nnnc2SCC(=O)NCCc2ccc(OC(F)F)cc2)cc1. The zero-order valence-electron chi connectivity index (χ0n) is 17.2. The Labute approximate surface area is 183 Å². The van der Waals surface area contributed by atoms with Crippen molar-refractivity contribution >= 4 is 17.7 Å². The minimum atomic E-state index is -2.84. The zero-order chi connectivity index (χ0) is 22.2. The number of tetrazole rings is 1. The smallest absolute Gasteiger partial charge is 0.387 e. The Balaban J connectivity index is 1.46. The zero-order valence-corrected chi connectivity index (χ0v) is 18.0. The lowest BCUT2D eigenvalue weighted by atomic mass is 10.0. The summed E-state index contributed by atoms with van der Waals surface area (Å²) in [6, 6.07) is 14.3. The molecular weight excluding hydrogens is 424 g/mol. The molecule has 1 N–H and O–H groups in total. The molecule has 0 aliphatic heterocycles. The van der Waals surface area contributed by atoms with Gasteiger partial charge < -0.3 is 10.1 Å². The lowest BCUT2D eigenvalue weighted by Crippen LogP contribution is -2.27. The van der Waals surface area contributed by atoms with Gasteiger partial charge in [0, 0.05) is 6.54 Å². The van der Waals surface area contributed by atoms with Gasteiger partial charge in [-0.15, -0.1) is 5.10 Å². The first-order valence-corrected chi connectivity index (χ1v) is 10.7. The maximum absolute atomic E-state index is 12.2. The Bertz CT molecular complexity index is 978. The summed E-state index contributed by atoms with van der Waals surface area (Å²) < 4.78 is 30.3. The topological polar surface area (TPSA) is 81.9 Å².